The fourth-order valence-corrected chi connectivity index (χ4v) is 2.98. The Morgan fingerprint density at radius 2 is 2.00 bits per heavy atom. The van der Waals surface area contributed by atoms with Gasteiger partial charge >= 0.3 is 0 Å². The van der Waals surface area contributed by atoms with Gasteiger partial charge in [0, 0.05) is 12.1 Å². The normalized spacial score (nSPS) is 16.9. The van der Waals surface area contributed by atoms with Gasteiger partial charge in [-0.05, 0) is 47.7 Å². The van der Waals surface area contributed by atoms with Crippen LogP contribution in [0.3, 0.4) is 0 Å². The van der Waals surface area contributed by atoms with Crippen LogP contribution >= 0.6 is 11.8 Å². The maximum absolute atomic E-state index is 12.1. The fraction of sp³-hybridized carbons (Fsp3) is 0.0588. The molecule has 1 heterocycles. The van der Waals surface area contributed by atoms with Crippen LogP contribution < -0.4 is 10.1 Å². The lowest BCUT2D eigenvalue weighted by atomic mass is 10.2. The molecule has 2 aromatic rings. The summed E-state index contributed by atoms with van der Waals surface area (Å²) in [7, 11) is 1.58. The molecule has 1 aliphatic heterocycles. The first kappa shape index (κ1) is 16.7. The molecule has 0 unspecified atom stereocenters. The Bertz CT molecular complexity index is 891. The lowest BCUT2D eigenvalue weighted by Gasteiger charge is -1.99. The van der Waals surface area contributed by atoms with Crippen LogP contribution in [0.15, 0.2) is 58.4 Å². The zero-order valence-corrected chi connectivity index (χ0v) is 13.9. The highest BCUT2D eigenvalue weighted by atomic mass is 32.2. The Balaban J connectivity index is 1.80. The molecule has 0 saturated carbocycles. The van der Waals surface area contributed by atoms with E-state index >= 15 is 0 Å². The van der Waals surface area contributed by atoms with Crippen molar-refractivity contribution in [3.63, 3.8) is 0 Å². The lowest BCUT2D eigenvalue weighted by Crippen LogP contribution is -2.19. The number of amides is 1. The number of methoxy groups -OCH3 is 1. The summed E-state index contributed by atoms with van der Waals surface area (Å²) in [4.78, 5) is 27.2. The molecule has 0 spiro atoms. The van der Waals surface area contributed by atoms with Crippen molar-refractivity contribution in [1.29, 1.82) is 0 Å². The zero-order chi connectivity index (χ0) is 17.8. The van der Waals surface area contributed by atoms with Gasteiger partial charge in [-0.1, -0.05) is 12.1 Å². The van der Waals surface area contributed by atoms with E-state index in [0.29, 0.717) is 21.3 Å². The number of carbonyl (C=O) groups excluding carboxylic acids is 1. The molecule has 7 nitrogen and oxygen atoms in total. The number of carbonyl (C=O) groups is 1. The van der Waals surface area contributed by atoms with E-state index in [0.717, 1.165) is 5.75 Å². The van der Waals surface area contributed by atoms with Gasteiger partial charge < -0.3 is 10.1 Å². The van der Waals surface area contributed by atoms with Crippen molar-refractivity contribution in [2.24, 2.45) is 4.99 Å². The molecule has 0 radical (unpaired) electrons. The van der Waals surface area contributed by atoms with Gasteiger partial charge in [0.2, 0.25) is 0 Å². The number of ether oxygens (including phenoxy) is 1. The number of amidine groups is 1. The van der Waals surface area contributed by atoms with Crippen LogP contribution in [0.5, 0.6) is 5.75 Å². The number of thioether (sulfide) groups is 1. The van der Waals surface area contributed by atoms with E-state index in [2.05, 4.69) is 10.3 Å². The summed E-state index contributed by atoms with van der Waals surface area (Å²) in [6.07, 6.45) is 1.60. The van der Waals surface area contributed by atoms with Crippen LogP contribution in [-0.4, -0.2) is 23.1 Å². The van der Waals surface area contributed by atoms with Gasteiger partial charge in [0.25, 0.3) is 11.6 Å². The van der Waals surface area contributed by atoms with E-state index in [-0.39, 0.29) is 11.6 Å². The van der Waals surface area contributed by atoms with Gasteiger partial charge in [0.1, 0.15) is 5.75 Å². The molecule has 1 aliphatic rings. The number of nitrogens with zero attached hydrogens (tertiary/aromatic N) is 2. The van der Waals surface area contributed by atoms with Crippen LogP contribution in [0.4, 0.5) is 11.4 Å². The topological polar surface area (TPSA) is 93.8 Å². The highest BCUT2D eigenvalue weighted by Gasteiger charge is 2.24. The van der Waals surface area contributed by atoms with Crippen molar-refractivity contribution in [3.05, 3.63) is 69.1 Å². The Kier molecular flexibility index (Phi) is 4.80. The number of hydrogen-bond acceptors (Lipinski definition) is 6. The van der Waals surface area contributed by atoms with Crippen molar-refractivity contribution >= 4 is 40.3 Å². The molecule has 0 aromatic heterocycles. The second kappa shape index (κ2) is 7.18. The van der Waals surface area contributed by atoms with Crippen molar-refractivity contribution in [3.8, 4) is 5.75 Å². The molecule has 8 heteroatoms. The van der Waals surface area contributed by atoms with E-state index in [1.165, 1.54) is 23.9 Å². The predicted octanol–water partition coefficient (Wildman–Crippen LogP) is 3.50. The summed E-state index contributed by atoms with van der Waals surface area (Å²) >= 11 is 1.18. The number of nitrogens with one attached hydrogen (secondary N) is 1. The molecule has 3 rings (SSSR count). The number of hydrogen-bond donors (Lipinski definition) is 1. The molecule has 1 N–H and O–H groups in total. The summed E-state index contributed by atoms with van der Waals surface area (Å²) in [5, 5.41) is 14.0. The van der Waals surface area contributed by atoms with Gasteiger partial charge in [0.15, 0.2) is 5.17 Å². The molecule has 2 aromatic carbocycles. The molecule has 1 amide bonds. The van der Waals surface area contributed by atoms with Crippen LogP contribution in [0, 0.1) is 10.1 Å². The van der Waals surface area contributed by atoms with E-state index in [1.807, 2.05) is 0 Å². The minimum absolute atomic E-state index is 0.0233. The average Bonchev–Trinajstić information content (AvgIpc) is 2.95. The Labute approximate surface area is 147 Å². The molecule has 0 bridgehead atoms. The Morgan fingerprint density at radius 3 is 2.68 bits per heavy atom. The molecule has 0 atom stereocenters. The van der Waals surface area contributed by atoms with Gasteiger partial charge in [-0.2, -0.15) is 0 Å². The summed E-state index contributed by atoms with van der Waals surface area (Å²) in [6.45, 7) is 0. The summed E-state index contributed by atoms with van der Waals surface area (Å²) in [5.74, 6) is 0.432. The summed E-state index contributed by atoms with van der Waals surface area (Å²) < 4.78 is 5.09. The SMILES string of the molecule is COc1ccc(N=C2NC(=O)/C(=C/c3cccc([N+](=O)[O-])c3)S2)cc1. The summed E-state index contributed by atoms with van der Waals surface area (Å²) in [5.41, 5.74) is 1.24. The van der Waals surface area contributed by atoms with E-state index < -0.39 is 4.92 Å². The molecule has 0 aliphatic carbocycles. The number of aliphatic imine (C=N–C) groups is 1. The highest BCUT2D eigenvalue weighted by molar-refractivity contribution is 8.18. The van der Waals surface area contributed by atoms with Crippen molar-refractivity contribution in [1.82, 2.24) is 5.32 Å². The number of benzene rings is 2. The smallest absolute Gasteiger partial charge is 0.270 e. The third-order valence-electron chi connectivity index (χ3n) is 3.33. The molecular formula is C17H13N3O4S. The molecular weight excluding hydrogens is 342 g/mol. The molecule has 126 valence electrons. The monoisotopic (exact) mass is 355 g/mol. The molecule has 1 fully saturated rings. The number of rotatable bonds is 4. The van der Waals surface area contributed by atoms with Gasteiger partial charge in [0.05, 0.1) is 22.6 Å². The standard InChI is InChI=1S/C17H13N3O4S/c1-24-14-7-5-12(6-8-14)18-17-19-16(21)15(25-17)10-11-3-2-4-13(9-11)20(22)23/h2-10H,1H3,(H,18,19,21)/b15-10-. The average molecular weight is 355 g/mol. The maximum atomic E-state index is 12.1. The van der Waals surface area contributed by atoms with Crippen LogP contribution in [0.25, 0.3) is 6.08 Å². The van der Waals surface area contributed by atoms with Crippen LogP contribution in [0.1, 0.15) is 5.56 Å². The second-order valence-corrected chi connectivity index (χ2v) is 6.06. The lowest BCUT2D eigenvalue weighted by molar-refractivity contribution is -0.384. The van der Waals surface area contributed by atoms with Crippen LogP contribution in [0.2, 0.25) is 0 Å². The Hall–Kier alpha value is -3.13. The maximum Gasteiger partial charge on any atom is 0.270 e. The third-order valence-corrected chi connectivity index (χ3v) is 4.24. The number of nitro groups is 1. The van der Waals surface area contributed by atoms with Gasteiger partial charge in [-0.15, -0.1) is 0 Å². The predicted molar refractivity (Wildman–Crippen MR) is 96.9 cm³/mol. The van der Waals surface area contributed by atoms with Crippen LogP contribution in [-0.2, 0) is 4.79 Å². The van der Waals surface area contributed by atoms with Crippen molar-refractivity contribution < 1.29 is 14.5 Å². The van der Waals surface area contributed by atoms with E-state index in [1.54, 1.807) is 49.6 Å². The first-order valence-corrected chi connectivity index (χ1v) is 8.05. The largest absolute Gasteiger partial charge is 0.497 e. The Morgan fingerprint density at radius 1 is 1.24 bits per heavy atom. The second-order valence-electron chi connectivity index (χ2n) is 5.03. The first-order valence-electron chi connectivity index (χ1n) is 7.23. The zero-order valence-electron chi connectivity index (χ0n) is 13.1. The third kappa shape index (κ3) is 4.04. The quantitative estimate of drug-likeness (QED) is 0.515. The molecule has 25 heavy (non-hydrogen) atoms. The number of non-ortho nitro benzene ring substituents is 1. The molecule has 1 saturated heterocycles. The number of nitro benzene ring substituents is 1. The van der Waals surface area contributed by atoms with Crippen molar-refractivity contribution in [2.75, 3.05) is 7.11 Å². The minimum Gasteiger partial charge on any atom is -0.497 e. The first-order chi connectivity index (χ1) is 12.0. The highest BCUT2D eigenvalue weighted by Crippen LogP contribution is 2.29. The van der Waals surface area contributed by atoms with E-state index in [4.69, 9.17) is 4.74 Å². The van der Waals surface area contributed by atoms with Gasteiger partial charge in [-0.25, -0.2) is 4.99 Å². The fourth-order valence-electron chi connectivity index (χ4n) is 2.13. The van der Waals surface area contributed by atoms with Gasteiger partial charge in [-0.3, -0.25) is 14.9 Å². The van der Waals surface area contributed by atoms with Crippen molar-refractivity contribution in [2.45, 2.75) is 0 Å². The van der Waals surface area contributed by atoms with E-state index in [9.17, 15) is 14.9 Å². The minimum atomic E-state index is -0.472. The summed E-state index contributed by atoms with van der Waals surface area (Å²) in [6, 6.07) is 13.2.